The first kappa shape index (κ1) is 8.98. The van der Waals surface area contributed by atoms with Gasteiger partial charge in [0.15, 0.2) is 0 Å². The molecule has 0 atom stereocenters. The third kappa shape index (κ3) is 1.29. The van der Waals surface area contributed by atoms with E-state index in [1.165, 1.54) is 22.0 Å². The summed E-state index contributed by atoms with van der Waals surface area (Å²) in [5.41, 5.74) is 4.35. The SMILES string of the molecule is CCn1cc2c3c(cccc31)CNCC2. The van der Waals surface area contributed by atoms with Crippen LogP contribution in [0.4, 0.5) is 0 Å². The maximum absolute atomic E-state index is 3.47. The molecule has 0 aliphatic carbocycles. The van der Waals surface area contributed by atoms with Crippen molar-refractivity contribution in [3.8, 4) is 0 Å². The van der Waals surface area contributed by atoms with Crippen molar-refractivity contribution in [2.24, 2.45) is 0 Å². The minimum absolute atomic E-state index is 1.01. The van der Waals surface area contributed by atoms with E-state index in [0.717, 1.165) is 26.1 Å². The Bertz CT molecular complexity index is 496. The van der Waals surface area contributed by atoms with Crippen molar-refractivity contribution in [2.75, 3.05) is 6.54 Å². The Morgan fingerprint density at radius 2 is 2.27 bits per heavy atom. The highest BCUT2D eigenvalue weighted by Crippen LogP contribution is 2.27. The molecule has 78 valence electrons. The van der Waals surface area contributed by atoms with Crippen molar-refractivity contribution in [3.05, 3.63) is 35.5 Å². The lowest BCUT2D eigenvalue weighted by atomic mass is 10.1. The number of nitrogens with one attached hydrogen (secondary N) is 1. The van der Waals surface area contributed by atoms with Crippen LogP contribution in [0.5, 0.6) is 0 Å². The lowest BCUT2D eigenvalue weighted by Crippen LogP contribution is -2.14. The molecule has 0 unspecified atom stereocenters. The maximum atomic E-state index is 3.47. The van der Waals surface area contributed by atoms with Crippen LogP contribution in [-0.2, 0) is 19.5 Å². The lowest BCUT2D eigenvalue weighted by molar-refractivity contribution is 0.697. The molecule has 0 fully saturated rings. The largest absolute Gasteiger partial charge is 0.347 e. The molecule has 1 aromatic heterocycles. The molecular formula is C13H16N2. The van der Waals surface area contributed by atoms with Crippen LogP contribution in [-0.4, -0.2) is 11.1 Å². The van der Waals surface area contributed by atoms with E-state index in [4.69, 9.17) is 0 Å². The molecule has 2 heterocycles. The van der Waals surface area contributed by atoms with E-state index in [2.05, 4.69) is 41.2 Å². The van der Waals surface area contributed by atoms with Gasteiger partial charge in [0, 0.05) is 30.2 Å². The van der Waals surface area contributed by atoms with E-state index in [1.807, 2.05) is 0 Å². The second-order valence-electron chi connectivity index (χ2n) is 4.18. The van der Waals surface area contributed by atoms with Crippen LogP contribution >= 0.6 is 0 Å². The van der Waals surface area contributed by atoms with E-state index in [1.54, 1.807) is 0 Å². The predicted molar refractivity (Wildman–Crippen MR) is 63.0 cm³/mol. The summed E-state index contributed by atoms with van der Waals surface area (Å²) in [5, 5.41) is 4.96. The molecule has 2 aromatic rings. The average Bonchev–Trinajstić information content (AvgIpc) is 2.50. The molecule has 0 amide bonds. The lowest BCUT2D eigenvalue weighted by Gasteiger charge is -2.04. The fourth-order valence-corrected chi connectivity index (χ4v) is 2.56. The monoisotopic (exact) mass is 200 g/mol. The minimum atomic E-state index is 1.01. The number of rotatable bonds is 1. The predicted octanol–water partition coefficient (Wildman–Crippen LogP) is 2.31. The van der Waals surface area contributed by atoms with Crippen molar-refractivity contribution in [3.63, 3.8) is 0 Å². The van der Waals surface area contributed by atoms with Gasteiger partial charge in [-0.2, -0.15) is 0 Å². The van der Waals surface area contributed by atoms with Gasteiger partial charge in [-0.25, -0.2) is 0 Å². The number of aromatic nitrogens is 1. The first-order chi connectivity index (χ1) is 7.40. The molecule has 1 aliphatic heterocycles. The van der Waals surface area contributed by atoms with Crippen molar-refractivity contribution < 1.29 is 0 Å². The van der Waals surface area contributed by atoms with E-state index in [-0.39, 0.29) is 0 Å². The second-order valence-corrected chi connectivity index (χ2v) is 4.18. The summed E-state index contributed by atoms with van der Waals surface area (Å²) >= 11 is 0. The summed E-state index contributed by atoms with van der Waals surface area (Å²) in [5.74, 6) is 0. The van der Waals surface area contributed by atoms with Crippen LogP contribution in [0.15, 0.2) is 24.4 Å². The molecular weight excluding hydrogens is 184 g/mol. The molecule has 0 saturated carbocycles. The molecule has 3 rings (SSSR count). The Morgan fingerprint density at radius 1 is 1.33 bits per heavy atom. The molecule has 15 heavy (non-hydrogen) atoms. The first-order valence-electron chi connectivity index (χ1n) is 5.70. The highest BCUT2D eigenvalue weighted by Gasteiger charge is 2.13. The van der Waals surface area contributed by atoms with Crippen molar-refractivity contribution in [2.45, 2.75) is 26.4 Å². The van der Waals surface area contributed by atoms with Crippen LogP contribution in [0.1, 0.15) is 18.1 Å². The summed E-state index contributed by atoms with van der Waals surface area (Å²) in [6, 6.07) is 6.64. The smallest absolute Gasteiger partial charge is 0.0486 e. The zero-order valence-electron chi connectivity index (χ0n) is 9.09. The molecule has 1 aliphatic rings. The quantitative estimate of drug-likeness (QED) is 0.747. The standard InChI is InChI=1S/C13H16N2/c1-2-15-9-11-6-7-14-8-10-4-3-5-12(15)13(10)11/h3-5,9,14H,2,6-8H2,1H3. The van der Waals surface area contributed by atoms with Crippen LogP contribution in [0.25, 0.3) is 10.9 Å². The van der Waals surface area contributed by atoms with Crippen LogP contribution in [0.3, 0.4) is 0 Å². The van der Waals surface area contributed by atoms with Crippen LogP contribution in [0, 0.1) is 0 Å². The Labute approximate surface area is 89.9 Å². The Morgan fingerprint density at radius 3 is 3.13 bits per heavy atom. The summed E-state index contributed by atoms with van der Waals surface area (Å²) in [6.07, 6.45) is 3.47. The van der Waals surface area contributed by atoms with Gasteiger partial charge in [0.05, 0.1) is 0 Å². The maximum Gasteiger partial charge on any atom is 0.0486 e. The van der Waals surface area contributed by atoms with E-state index in [0.29, 0.717) is 0 Å². The highest BCUT2D eigenvalue weighted by molar-refractivity contribution is 5.87. The van der Waals surface area contributed by atoms with Gasteiger partial charge in [-0.05, 0) is 37.1 Å². The van der Waals surface area contributed by atoms with Crippen LogP contribution < -0.4 is 5.32 Å². The molecule has 0 radical (unpaired) electrons. The number of hydrogen-bond acceptors (Lipinski definition) is 1. The van der Waals surface area contributed by atoms with E-state index < -0.39 is 0 Å². The topological polar surface area (TPSA) is 17.0 Å². The normalized spacial score (nSPS) is 15.5. The summed E-state index contributed by atoms with van der Waals surface area (Å²) in [7, 11) is 0. The van der Waals surface area contributed by atoms with Crippen LogP contribution in [0.2, 0.25) is 0 Å². The van der Waals surface area contributed by atoms with Gasteiger partial charge in [0.2, 0.25) is 0 Å². The zero-order chi connectivity index (χ0) is 10.3. The van der Waals surface area contributed by atoms with Gasteiger partial charge in [-0.1, -0.05) is 12.1 Å². The van der Waals surface area contributed by atoms with Gasteiger partial charge in [-0.3, -0.25) is 0 Å². The number of aryl methyl sites for hydroxylation is 1. The third-order valence-corrected chi connectivity index (χ3v) is 3.30. The van der Waals surface area contributed by atoms with E-state index in [9.17, 15) is 0 Å². The van der Waals surface area contributed by atoms with Gasteiger partial charge in [0.25, 0.3) is 0 Å². The Balaban J connectivity index is 2.36. The summed E-state index contributed by atoms with van der Waals surface area (Å²) in [6.45, 7) is 5.38. The number of nitrogens with zero attached hydrogens (tertiary/aromatic N) is 1. The molecule has 0 bridgehead atoms. The first-order valence-corrected chi connectivity index (χ1v) is 5.70. The van der Waals surface area contributed by atoms with Gasteiger partial charge in [-0.15, -0.1) is 0 Å². The summed E-state index contributed by atoms with van der Waals surface area (Å²) in [4.78, 5) is 0. The third-order valence-electron chi connectivity index (χ3n) is 3.30. The van der Waals surface area contributed by atoms with Crippen molar-refractivity contribution >= 4 is 10.9 Å². The second kappa shape index (κ2) is 3.38. The minimum Gasteiger partial charge on any atom is -0.347 e. The molecule has 2 heteroatoms. The molecule has 1 aromatic carbocycles. The van der Waals surface area contributed by atoms with Gasteiger partial charge in [0.1, 0.15) is 0 Å². The van der Waals surface area contributed by atoms with Crippen molar-refractivity contribution in [1.82, 2.24) is 9.88 Å². The summed E-state index contributed by atoms with van der Waals surface area (Å²) < 4.78 is 2.36. The molecule has 2 nitrogen and oxygen atoms in total. The highest BCUT2D eigenvalue weighted by atomic mass is 15.0. The molecule has 0 saturated heterocycles. The number of hydrogen-bond donors (Lipinski definition) is 1. The fraction of sp³-hybridized carbons (Fsp3) is 0.385. The Hall–Kier alpha value is -1.28. The average molecular weight is 200 g/mol. The molecule has 1 N–H and O–H groups in total. The van der Waals surface area contributed by atoms with Gasteiger partial charge >= 0.3 is 0 Å². The van der Waals surface area contributed by atoms with E-state index >= 15 is 0 Å². The van der Waals surface area contributed by atoms with Gasteiger partial charge < -0.3 is 9.88 Å². The molecule has 0 spiro atoms. The zero-order valence-corrected chi connectivity index (χ0v) is 9.09. The fourth-order valence-electron chi connectivity index (χ4n) is 2.56. The van der Waals surface area contributed by atoms with Crippen molar-refractivity contribution in [1.29, 1.82) is 0 Å². The number of benzene rings is 1. The Kier molecular flexibility index (Phi) is 2.03.